The Labute approximate surface area is 131 Å². The van der Waals surface area contributed by atoms with Crippen LogP contribution in [-0.2, 0) is 4.79 Å². The van der Waals surface area contributed by atoms with Gasteiger partial charge in [0.15, 0.2) is 0 Å². The number of amides is 1. The van der Waals surface area contributed by atoms with Crippen molar-refractivity contribution in [3.63, 3.8) is 0 Å². The summed E-state index contributed by atoms with van der Waals surface area (Å²) < 4.78 is 0. The van der Waals surface area contributed by atoms with E-state index in [-0.39, 0.29) is 5.41 Å². The summed E-state index contributed by atoms with van der Waals surface area (Å²) in [6, 6.07) is 0. The molecule has 0 bridgehead atoms. The van der Waals surface area contributed by atoms with Gasteiger partial charge in [-0.2, -0.15) is 0 Å². The van der Waals surface area contributed by atoms with Crippen molar-refractivity contribution in [2.45, 2.75) is 47.0 Å². The Kier molecular flexibility index (Phi) is 7.67. The first-order chi connectivity index (χ1) is 9.81. The van der Waals surface area contributed by atoms with Gasteiger partial charge in [-0.1, -0.05) is 34.1 Å². The van der Waals surface area contributed by atoms with Gasteiger partial charge in [0.25, 0.3) is 0 Å². The lowest BCUT2D eigenvalue weighted by atomic mass is 9.91. The Balaban J connectivity index is 2.43. The molecule has 0 atom stereocenters. The zero-order chi connectivity index (χ0) is 15.9. The van der Waals surface area contributed by atoms with Gasteiger partial charge in [-0.3, -0.25) is 9.69 Å². The van der Waals surface area contributed by atoms with Crippen molar-refractivity contribution in [3.8, 4) is 0 Å². The molecule has 4 nitrogen and oxygen atoms in total. The molecular formula is C17H35N3O. The molecule has 0 aromatic heterocycles. The van der Waals surface area contributed by atoms with Crippen LogP contribution in [0.25, 0.3) is 0 Å². The number of hydrogen-bond donors (Lipinski definition) is 0. The minimum atomic E-state index is 0.0788. The summed E-state index contributed by atoms with van der Waals surface area (Å²) in [7, 11) is 2.18. The highest BCUT2D eigenvalue weighted by atomic mass is 16.2. The number of rotatable bonds is 7. The highest BCUT2D eigenvalue weighted by Crippen LogP contribution is 2.20. The van der Waals surface area contributed by atoms with E-state index in [1.165, 1.54) is 0 Å². The highest BCUT2D eigenvalue weighted by molar-refractivity contribution is 5.76. The van der Waals surface area contributed by atoms with Crippen LogP contribution >= 0.6 is 0 Å². The summed E-state index contributed by atoms with van der Waals surface area (Å²) in [6.45, 7) is 16.0. The summed E-state index contributed by atoms with van der Waals surface area (Å²) in [6.07, 6.45) is 2.91. The van der Waals surface area contributed by atoms with E-state index in [4.69, 9.17) is 0 Å². The third-order valence-electron chi connectivity index (χ3n) is 4.10. The van der Waals surface area contributed by atoms with Gasteiger partial charge < -0.3 is 9.80 Å². The maximum atomic E-state index is 12.5. The van der Waals surface area contributed by atoms with Gasteiger partial charge in [0.2, 0.25) is 5.91 Å². The van der Waals surface area contributed by atoms with Crippen molar-refractivity contribution in [2.75, 3.05) is 52.9 Å². The number of carbonyl (C=O) groups excluding carboxylic acids is 1. The van der Waals surface area contributed by atoms with Gasteiger partial charge in [-0.25, -0.2) is 0 Å². The minimum Gasteiger partial charge on any atom is -0.341 e. The molecule has 1 saturated heterocycles. The average molecular weight is 297 g/mol. The fourth-order valence-electron chi connectivity index (χ4n) is 2.61. The molecule has 124 valence electrons. The Morgan fingerprint density at radius 2 is 1.71 bits per heavy atom. The van der Waals surface area contributed by atoms with Gasteiger partial charge in [0.1, 0.15) is 0 Å². The van der Waals surface area contributed by atoms with E-state index >= 15 is 0 Å². The molecule has 1 amide bonds. The molecule has 0 aromatic rings. The van der Waals surface area contributed by atoms with Crippen LogP contribution < -0.4 is 0 Å². The van der Waals surface area contributed by atoms with E-state index < -0.39 is 0 Å². The average Bonchev–Trinajstić information content (AvgIpc) is 2.38. The molecule has 0 saturated carbocycles. The molecule has 1 rings (SSSR count). The topological polar surface area (TPSA) is 26.8 Å². The quantitative estimate of drug-likeness (QED) is 0.721. The van der Waals surface area contributed by atoms with Crippen LogP contribution in [0.15, 0.2) is 0 Å². The third-order valence-corrected chi connectivity index (χ3v) is 4.10. The van der Waals surface area contributed by atoms with Crippen LogP contribution in [0.2, 0.25) is 0 Å². The van der Waals surface area contributed by atoms with E-state index in [9.17, 15) is 4.79 Å². The van der Waals surface area contributed by atoms with Crippen LogP contribution in [0, 0.1) is 5.41 Å². The lowest BCUT2D eigenvalue weighted by Crippen LogP contribution is -2.48. The van der Waals surface area contributed by atoms with E-state index in [1.54, 1.807) is 0 Å². The molecule has 1 heterocycles. The van der Waals surface area contributed by atoms with Gasteiger partial charge in [-0.05, 0) is 18.9 Å². The van der Waals surface area contributed by atoms with Gasteiger partial charge >= 0.3 is 0 Å². The number of likely N-dealkylation sites (N-methyl/N-ethyl adjacent to an activating group) is 1. The van der Waals surface area contributed by atoms with Crippen molar-refractivity contribution in [1.82, 2.24) is 14.7 Å². The van der Waals surface area contributed by atoms with Gasteiger partial charge in [-0.15, -0.1) is 0 Å². The molecule has 0 radical (unpaired) electrons. The molecule has 0 unspecified atom stereocenters. The lowest BCUT2D eigenvalue weighted by molar-refractivity contribution is -0.133. The first kappa shape index (κ1) is 18.4. The highest BCUT2D eigenvalue weighted by Gasteiger charge is 2.22. The number of piperazine rings is 1. The third kappa shape index (κ3) is 7.82. The zero-order valence-corrected chi connectivity index (χ0v) is 14.8. The molecule has 1 aliphatic rings. The molecule has 0 N–H and O–H groups in total. The van der Waals surface area contributed by atoms with Crippen molar-refractivity contribution >= 4 is 5.91 Å². The fraction of sp³-hybridized carbons (Fsp3) is 0.941. The second-order valence-electron chi connectivity index (χ2n) is 7.62. The molecular weight excluding hydrogens is 262 g/mol. The summed E-state index contributed by atoms with van der Waals surface area (Å²) in [5.74, 6) is 0.324. The second-order valence-corrected chi connectivity index (χ2v) is 7.62. The first-order valence-corrected chi connectivity index (χ1v) is 8.50. The Morgan fingerprint density at radius 3 is 2.24 bits per heavy atom. The van der Waals surface area contributed by atoms with E-state index in [1.807, 2.05) is 0 Å². The van der Waals surface area contributed by atoms with Crippen LogP contribution in [-0.4, -0.2) is 73.5 Å². The number of carbonyl (C=O) groups is 1. The number of unbranched alkanes of at least 4 members (excludes halogenated alkanes) is 1. The lowest BCUT2D eigenvalue weighted by Gasteiger charge is -2.34. The molecule has 4 heteroatoms. The summed E-state index contributed by atoms with van der Waals surface area (Å²) in [5.41, 5.74) is 0.0788. The second kappa shape index (κ2) is 8.74. The SMILES string of the molecule is CCCCN(CCN1CCN(C)CC1)C(=O)CC(C)(C)C. The smallest absolute Gasteiger partial charge is 0.223 e. The predicted octanol–water partition coefficient (Wildman–Crippen LogP) is 2.30. The largest absolute Gasteiger partial charge is 0.341 e. The summed E-state index contributed by atoms with van der Waals surface area (Å²) in [5, 5.41) is 0. The van der Waals surface area contributed by atoms with Crippen LogP contribution in [0.3, 0.4) is 0 Å². The maximum Gasteiger partial charge on any atom is 0.223 e. The Hall–Kier alpha value is -0.610. The van der Waals surface area contributed by atoms with Gasteiger partial charge in [0, 0.05) is 52.2 Å². The van der Waals surface area contributed by atoms with E-state index in [2.05, 4.69) is 49.4 Å². The predicted molar refractivity (Wildman–Crippen MR) is 89.5 cm³/mol. The summed E-state index contributed by atoms with van der Waals surface area (Å²) >= 11 is 0. The zero-order valence-electron chi connectivity index (χ0n) is 14.8. The van der Waals surface area contributed by atoms with Crippen molar-refractivity contribution in [2.24, 2.45) is 5.41 Å². The maximum absolute atomic E-state index is 12.5. The van der Waals surface area contributed by atoms with E-state index in [0.29, 0.717) is 12.3 Å². The van der Waals surface area contributed by atoms with E-state index in [0.717, 1.165) is 58.7 Å². The molecule has 21 heavy (non-hydrogen) atoms. The van der Waals surface area contributed by atoms with Gasteiger partial charge in [0.05, 0.1) is 0 Å². The Morgan fingerprint density at radius 1 is 1.10 bits per heavy atom. The molecule has 0 aromatic carbocycles. The minimum absolute atomic E-state index is 0.0788. The van der Waals surface area contributed by atoms with Crippen molar-refractivity contribution in [3.05, 3.63) is 0 Å². The monoisotopic (exact) mass is 297 g/mol. The molecule has 0 aliphatic carbocycles. The van der Waals surface area contributed by atoms with Crippen LogP contribution in [0.5, 0.6) is 0 Å². The van der Waals surface area contributed by atoms with Crippen LogP contribution in [0.1, 0.15) is 47.0 Å². The Bertz CT molecular complexity index is 304. The first-order valence-electron chi connectivity index (χ1n) is 8.50. The molecule has 1 aliphatic heterocycles. The molecule has 1 fully saturated rings. The van der Waals surface area contributed by atoms with Crippen molar-refractivity contribution in [1.29, 1.82) is 0 Å². The fourth-order valence-corrected chi connectivity index (χ4v) is 2.61. The number of hydrogen-bond acceptors (Lipinski definition) is 3. The van der Waals surface area contributed by atoms with Crippen LogP contribution in [0.4, 0.5) is 0 Å². The number of nitrogens with zero attached hydrogens (tertiary/aromatic N) is 3. The normalized spacial score (nSPS) is 18.0. The molecule has 0 spiro atoms. The van der Waals surface area contributed by atoms with Crippen molar-refractivity contribution < 1.29 is 4.79 Å². The summed E-state index contributed by atoms with van der Waals surface area (Å²) in [4.78, 5) is 19.4. The standard InChI is InChI=1S/C17H35N3O/c1-6-7-8-20(16(21)15-17(2,3)4)14-13-19-11-9-18(5)10-12-19/h6-15H2,1-5H3.